The van der Waals surface area contributed by atoms with E-state index in [2.05, 4.69) is 10.6 Å². The third kappa shape index (κ3) is 5.72. The third-order valence-electron chi connectivity index (χ3n) is 2.69. The Morgan fingerprint density at radius 1 is 1.37 bits per heavy atom. The van der Waals surface area contributed by atoms with Gasteiger partial charge in [-0.25, -0.2) is 4.79 Å². The molecule has 0 heterocycles. The molecule has 2 atom stereocenters. The summed E-state index contributed by atoms with van der Waals surface area (Å²) in [7, 11) is 3.95. The van der Waals surface area contributed by atoms with Crippen LogP contribution in [0.4, 0.5) is 10.5 Å². The fourth-order valence-corrected chi connectivity index (χ4v) is 1.88. The van der Waals surface area contributed by atoms with Gasteiger partial charge in [0.05, 0.1) is 0 Å². The van der Waals surface area contributed by atoms with Gasteiger partial charge in [-0.3, -0.25) is 0 Å². The number of urea groups is 1. The van der Waals surface area contributed by atoms with Gasteiger partial charge >= 0.3 is 6.03 Å². The number of carbonyl (C=O) groups is 1. The monoisotopic (exact) mass is 264 g/mol. The van der Waals surface area contributed by atoms with Crippen molar-refractivity contribution in [2.24, 2.45) is 5.73 Å². The molecular weight excluding hydrogens is 240 g/mol. The number of benzene rings is 1. The fraction of sp³-hybridized carbons (Fsp3) is 0.500. The van der Waals surface area contributed by atoms with Gasteiger partial charge in [-0.15, -0.1) is 0 Å². The van der Waals surface area contributed by atoms with Gasteiger partial charge < -0.3 is 21.3 Å². The largest absolute Gasteiger partial charge is 0.334 e. The molecule has 0 aliphatic rings. The second-order valence-electron chi connectivity index (χ2n) is 5.18. The topological polar surface area (TPSA) is 70.4 Å². The fourth-order valence-electron chi connectivity index (χ4n) is 1.88. The molecule has 0 aromatic heterocycles. The first kappa shape index (κ1) is 15.5. The molecule has 1 aromatic rings. The predicted molar refractivity (Wildman–Crippen MR) is 79.2 cm³/mol. The van der Waals surface area contributed by atoms with Gasteiger partial charge in [-0.1, -0.05) is 12.1 Å². The Morgan fingerprint density at radius 3 is 2.63 bits per heavy atom. The summed E-state index contributed by atoms with van der Waals surface area (Å²) in [4.78, 5) is 13.8. The zero-order valence-corrected chi connectivity index (χ0v) is 12.1. The quantitative estimate of drug-likeness (QED) is 0.759. The molecule has 0 aliphatic heterocycles. The molecule has 5 nitrogen and oxygen atoms in total. The van der Waals surface area contributed by atoms with Gasteiger partial charge in [-0.2, -0.15) is 0 Å². The van der Waals surface area contributed by atoms with E-state index in [9.17, 15) is 4.79 Å². The highest BCUT2D eigenvalue weighted by Gasteiger charge is 2.08. The minimum atomic E-state index is -0.198. The van der Waals surface area contributed by atoms with E-state index in [1.54, 1.807) is 0 Å². The predicted octanol–water partition coefficient (Wildman–Crippen LogP) is 1.78. The molecule has 2 amide bonds. The molecule has 1 aromatic carbocycles. The minimum absolute atomic E-state index is 0.0440. The van der Waals surface area contributed by atoms with Crippen molar-refractivity contribution >= 4 is 11.7 Å². The highest BCUT2D eigenvalue weighted by atomic mass is 16.2. The van der Waals surface area contributed by atoms with E-state index < -0.39 is 0 Å². The van der Waals surface area contributed by atoms with Gasteiger partial charge in [0.2, 0.25) is 0 Å². The molecule has 0 aliphatic carbocycles. The molecule has 5 heteroatoms. The van der Waals surface area contributed by atoms with Crippen LogP contribution in [0, 0.1) is 0 Å². The second kappa shape index (κ2) is 7.11. The van der Waals surface area contributed by atoms with Crippen LogP contribution in [0.2, 0.25) is 0 Å². The normalized spacial score (nSPS) is 14.0. The number of likely N-dealkylation sites (N-methyl/N-ethyl adjacent to an activating group) is 1. The van der Waals surface area contributed by atoms with Gasteiger partial charge in [0.1, 0.15) is 0 Å². The number of nitrogens with zero attached hydrogens (tertiary/aromatic N) is 1. The Morgan fingerprint density at radius 2 is 2.05 bits per heavy atom. The molecule has 2 unspecified atom stereocenters. The molecule has 0 spiro atoms. The first-order valence-electron chi connectivity index (χ1n) is 6.46. The van der Waals surface area contributed by atoms with E-state index in [1.165, 1.54) is 0 Å². The summed E-state index contributed by atoms with van der Waals surface area (Å²) < 4.78 is 0. The van der Waals surface area contributed by atoms with E-state index in [-0.39, 0.29) is 18.1 Å². The van der Waals surface area contributed by atoms with Gasteiger partial charge in [-0.05, 0) is 45.6 Å². The Kier molecular flexibility index (Phi) is 5.79. The maximum absolute atomic E-state index is 11.8. The Balaban J connectivity index is 2.54. The maximum Gasteiger partial charge on any atom is 0.319 e. The summed E-state index contributed by atoms with van der Waals surface area (Å²) in [5, 5.41) is 5.70. The Labute approximate surface area is 115 Å². The molecule has 106 valence electrons. The van der Waals surface area contributed by atoms with Crippen LogP contribution in [0.15, 0.2) is 24.3 Å². The number of rotatable bonds is 5. The number of hydrogen-bond acceptors (Lipinski definition) is 3. The lowest BCUT2D eigenvalue weighted by Crippen LogP contribution is -2.41. The first-order valence-corrected chi connectivity index (χ1v) is 6.46. The van der Waals surface area contributed by atoms with Crippen LogP contribution in [0.25, 0.3) is 0 Å². The average molecular weight is 264 g/mol. The van der Waals surface area contributed by atoms with Crippen LogP contribution >= 0.6 is 0 Å². The summed E-state index contributed by atoms with van der Waals surface area (Å²) in [6.07, 6.45) is 0. The lowest BCUT2D eigenvalue weighted by Gasteiger charge is -2.18. The maximum atomic E-state index is 11.8. The van der Waals surface area contributed by atoms with E-state index in [4.69, 9.17) is 5.73 Å². The van der Waals surface area contributed by atoms with Gasteiger partial charge in [0, 0.05) is 24.3 Å². The van der Waals surface area contributed by atoms with Crippen LogP contribution in [0.1, 0.15) is 25.5 Å². The highest BCUT2D eigenvalue weighted by Crippen LogP contribution is 2.15. The molecule has 19 heavy (non-hydrogen) atoms. The van der Waals surface area contributed by atoms with Crippen molar-refractivity contribution in [1.29, 1.82) is 0 Å². The molecule has 0 fully saturated rings. The second-order valence-corrected chi connectivity index (χ2v) is 5.18. The number of anilines is 1. The summed E-state index contributed by atoms with van der Waals surface area (Å²) in [5.74, 6) is 0. The zero-order chi connectivity index (χ0) is 14.4. The van der Waals surface area contributed by atoms with Crippen LogP contribution in [0.5, 0.6) is 0 Å². The smallest absolute Gasteiger partial charge is 0.319 e. The van der Waals surface area contributed by atoms with Crippen molar-refractivity contribution < 1.29 is 4.79 Å². The summed E-state index contributed by atoms with van der Waals surface area (Å²) in [5.41, 5.74) is 7.57. The third-order valence-corrected chi connectivity index (χ3v) is 2.69. The molecule has 1 rings (SSSR count). The summed E-state index contributed by atoms with van der Waals surface area (Å²) in [6.45, 7) is 4.68. The summed E-state index contributed by atoms with van der Waals surface area (Å²) in [6, 6.07) is 7.42. The van der Waals surface area contributed by atoms with E-state index in [0.29, 0.717) is 0 Å². The summed E-state index contributed by atoms with van der Waals surface area (Å²) >= 11 is 0. The van der Waals surface area contributed by atoms with Crippen molar-refractivity contribution in [3.05, 3.63) is 29.8 Å². The molecule has 4 N–H and O–H groups in total. The molecule has 0 bridgehead atoms. The van der Waals surface area contributed by atoms with E-state index in [0.717, 1.165) is 17.8 Å². The van der Waals surface area contributed by atoms with Crippen molar-refractivity contribution in [1.82, 2.24) is 10.2 Å². The zero-order valence-electron chi connectivity index (χ0n) is 12.1. The van der Waals surface area contributed by atoms with Crippen LogP contribution in [-0.2, 0) is 0 Å². The minimum Gasteiger partial charge on any atom is -0.334 e. The van der Waals surface area contributed by atoms with Crippen molar-refractivity contribution in [3.8, 4) is 0 Å². The number of nitrogens with two attached hydrogens (primary N) is 1. The van der Waals surface area contributed by atoms with Crippen molar-refractivity contribution in [3.63, 3.8) is 0 Å². The lowest BCUT2D eigenvalue weighted by atomic mass is 10.1. The van der Waals surface area contributed by atoms with Crippen LogP contribution in [-0.4, -0.2) is 37.6 Å². The van der Waals surface area contributed by atoms with Crippen LogP contribution < -0.4 is 16.4 Å². The number of carbonyl (C=O) groups excluding carboxylic acids is 1. The highest BCUT2D eigenvalue weighted by molar-refractivity contribution is 5.89. The van der Waals surface area contributed by atoms with E-state index in [1.807, 2.05) is 57.1 Å². The Hall–Kier alpha value is -1.59. The van der Waals surface area contributed by atoms with Crippen molar-refractivity contribution in [2.45, 2.75) is 25.9 Å². The molecule has 0 radical (unpaired) electrons. The van der Waals surface area contributed by atoms with E-state index >= 15 is 0 Å². The number of nitrogens with one attached hydrogen (secondary N) is 2. The first-order chi connectivity index (χ1) is 8.88. The lowest BCUT2D eigenvalue weighted by molar-refractivity contribution is 0.245. The number of amides is 2. The molecule has 0 saturated heterocycles. The number of hydrogen-bond donors (Lipinski definition) is 3. The standard InChI is InChI=1S/C14H24N4O/c1-10(9-18(3)4)16-14(19)17-13-7-5-6-12(8-13)11(2)15/h5-8,10-11H,9,15H2,1-4H3,(H2,16,17,19). The SMILES string of the molecule is CC(CN(C)C)NC(=O)Nc1cccc(C(C)N)c1. The molecular formula is C14H24N4O. The Bertz CT molecular complexity index is 418. The van der Waals surface area contributed by atoms with Gasteiger partial charge in [0.15, 0.2) is 0 Å². The van der Waals surface area contributed by atoms with Gasteiger partial charge in [0.25, 0.3) is 0 Å². The van der Waals surface area contributed by atoms with Crippen LogP contribution in [0.3, 0.4) is 0 Å². The van der Waals surface area contributed by atoms with Crippen molar-refractivity contribution in [2.75, 3.05) is 26.0 Å². The average Bonchev–Trinajstić information content (AvgIpc) is 2.27. The molecule has 0 saturated carbocycles.